The number of amides is 1. The van der Waals surface area contributed by atoms with Gasteiger partial charge in [-0.1, -0.05) is 6.07 Å². The lowest BCUT2D eigenvalue weighted by atomic mass is 9.97. The van der Waals surface area contributed by atoms with Crippen molar-refractivity contribution < 1.29 is 23.8 Å². The van der Waals surface area contributed by atoms with E-state index in [9.17, 15) is 19.1 Å². The minimum Gasteiger partial charge on any atom is -0.479 e. The Hall–Kier alpha value is -2.15. The van der Waals surface area contributed by atoms with Crippen molar-refractivity contribution in [2.24, 2.45) is 5.73 Å². The van der Waals surface area contributed by atoms with Crippen molar-refractivity contribution in [3.8, 4) is 0 Å². The lowest BCUT2D eigenvalue weighted by molar-refractivity contribution is -0.142. The maximum absolute atomic E-state index is 13.6. The first-order valence-corrected chi connectivity index (χ1v) is 5.64. The normalized spacial score (nSPS) is 22.2. The summed E-state index contributed by atoms with van der Waals surface area (Å²) >= 11 is 0. The highest BCUT2D eigenvalue weighted by molar-refractivity contribution is 5.99. The predicted molar refractivity (Wildman–Crippen MR) is 64.3 cm³/mol. The Bertz CT molecular complexity index is 526. The average Bonchev–Trinajstić information content (AvgIpc) is 2.78. The van der Waals surface area contributed by atoms with Crippen molar-refractivity contribution in [3.63, 3.8) is 0 Å². The highest BCUT2D eigenvalue weighted by Crippen LogP contribution is 2.28. The van der Waals surface area contributed by atoms with Crippen LogP contribution >= 0.6 is 0 Å². The number of carboxylic acids is 1. The van der Waals surface area contributed by atoms with Crippen LogP contribution in [0.3, 0.4) is 0 Å². The van der Waals surface area contributed by atoms with Gasteiger partial charge in [-0.15, -0.1) is 0 Å². The van der Waals surface area contributed by atoms with Crippen LogP contribution in [0, 0.1) is 5.82 Å². The molecule has 1 heterocycles. The van der Waals surface area contributed by atoms with Crippen LogP contribution in [0.25, 0.3) is 0 Å². The molecule has 1 atom stereocenters. The Balaban J connectivity index is 2.40. The Morgan fingerprint density at radius 3 is 2.74 bits per heavy atom. The number of nitrogens with one attached hydrogen (secondary N) is 1. The Kier molecular flexibility index (Phi) is 3.39. The van der Waals surface area contributed by atoms with Gasteiger partial charge in [0.25, 0.3) is 5.91 Å². The van der Waals surface area contributed by atoms with Gasteiger partial charge in [0.05, 0.1) is 17.9 Å². The number of rotatable bonds is 4. The molecular formula is C12H13FN2O4. The average molecular weight is 268 g/mol. The minimum absolute atomic E-state index is 0.0559. The molecule has 1 aromatic rings. The summed E-state index contributed by atoms with van der Waals surface area (Å²) in [6, 6.07) is 3.87. The summed E-state index contributed by atoms with van der Waals surface area (Å²) in [5, 5.41) is 12.0. The van der Waals surface area contributed by atoms with Gasteiger partial charge in [-0.2, -0.15) is 0 Å². The van der Waals surface area contributed by atoms with Gasteiger partial charge in [0.1, 0.15) is 5.82 Å². The molecule has 1 amide bonds. The number of halogens is 1. The SMILES string of the molecule is NC(=O)c1c(F)cccc1NC1(C(=O)O)CCOC1. The number of hydrogen-bond acceptors (Lipinski definition) is 4. The van der Waals surface area contributed by atoms with Crippen LogP contribution in [0.1, 0.15) is 16.8 Å². The molecule has 19 heavy (non-hydrogen) atoms. The second-order valence-electron chi connectivity index (χ2n) is 4.34. The van der Waals surface area contributed by atoms with Crippen LogP contribution in [-0.4, -0.2) is 35.7 Å². The van der Waals surface area contributed by atoms with E-state index in [-0.39, 0.29) is 30.9 Å². The van der Waals surface area contributed by atoms with E-state index in [4.69, 9.17) is 10.5 Å². The van der Waals surface area contributed by atoms with Gasteiger partial charge < -0.3 is 20.9 Å². The van der Waals surface area contributed by atoms with Crippen LogP contribution in [-0.2, 0) is 9.53 Å². The molecule has 0 aliphatic carbocycles. The molecule has 2 rings (SSSR count). The largest absolute Gasteiger partial charge is 0.479 e. The molecule has 1 aliphatic rings. The third-order valence-electron chi connectivity index (χ3n) is 3.06. The molecular weight excluding hydrogens is 255 g/mol. The van der Waals surface area contributed by atoms with E-state index < -0.39 is 23.2 Å². The number of hydrogen-bond donors (Lipinski definition) is 3. The standard InChI is InChI=1S/C12H13FN2O4/c13-7-2-1-3-8(9(7)10(14)16)15-12(11(17)18)4-5-19-6-12/h1-3,15H,4-6H2,(H2,14,16)(H,17,18). The van der Waals surface area contributed by atoms with Crippen LogP contribution < -0.4 is 11.1 Å². The second-order valence-corrected chi connectivity index (χ2v) is 4.34. The number of carboxylic acid groups (broad SMARTS) is 1. The molecule has 0 bridgehead atoms. The third kappa shape index (κ3) is 2.37. The number of nitrogens with two attached hydrogens (primary N) is 1. The van der Waals surface area contributed by atoms with Crippen LogP contribution in [0.5, 0.6) is 0 Å². The molecule has 6 nitrogen and oxygen atoms in total. The minimum atomic E-state index is -1.36. The summed E-state index contributed by atoms with van der Waals surface area (Å²) in [7, 11) is 0. The van der Waals surface area contributed by atoms with Crippen LogP contribution in [0.4, 0.5) is 10.1 Å². The fraction of sp³-hybridized carbons (Fsp3) is 0.333. The molecule has 1 fully saturated rings. The molecule has 7 heteroatoms. The first-order chi connectivity index (χ1) is 8.96. The highest BCUT2D eigenvalue weighted by atomic mass is 19.1. The van der Waals surface area contributed by atoms with Crippen molar-refractivity contribution in [1.29, 1.82) is 0 Å². The maximum Gasteiger partial charge on any atom is 0.331 e. The van der Waals surface area contributed by atoms with Gasteiger partial charge in [0.15, 0.2) is 5.54 Å². The number of ether oxygens (including phenoxy) is 1. The van der Waals surface area contributed by atoms with Crippen molar-refractivity contribution in [2.45, 2.75) is 12.0 Å². The van der Waals surface area contributed by atoms with Crippen molar-refractivity contribution >= 4 is 17.6 Å². The van der Waals surface area contributed by atoms with Gasteiger partial charge in [0.2, 0.25) is 0 Å². The zero-order valence-corrected chi connectivity index (χ0v) is 9.98. The fourth-order valence-electron chi connectivity index (χ4n) is 2.02. The van der Waals surface area contributed by atoms with Crippen molar-refractivity contribution in [2.75, 3.05) is 18.5 Å². The lowest BCUT2D eigenvalue weighted by Gasteiger charge is -2.26. The molecule has 1 aromatic carbocycles. The smallest absolute Gasteiger partial charge is 0.331 e. The van der Waals surface area contributed by atoms with E-state index in [1.807, 2.05) is 0 Å². The van der Waals surface area contributed by atoms with Gasteiger partial charge in [-0.25, -0.2) is 9.18 Å². The van der Waals surface area contributed by atoms with Crippen LogP contribution in [0.15, 0.2) is 18.2 Å². The van der Waals surface area contributed by atoms with Gasteiger partial charge in [-0.3, -0.25) is 4.79 Å². The van der Waals surface area contributed by atoms with E-state index in [1.165, 1.54) is 12.1 Å². The quantitative estimate of drug-likeness (QED) is 0.741. The van der Waals surface area contributed by atoms with Crippen molar-refractivity contribution in [3.05, 3.63) is 29.6 Å². The molecule has 0 spiro atoms. The lowest BCUT2D eigenvalue weighted by Crippen LogP contribution is -2.47. The molecule has 4 N–H and O–H groups in total. The Morgan fingerprint density at radius 1 is 1.47 bits per heavy atom. The summed E-state index contributed by atoms with van der Waals surface area (Å²) < 4.78 is 18.7. The van der Waals surface area contributed by atoms with Gasteiger partial charge >= 0.3 is 5.97 Å². The first-order valence-electron chi connectivity index (χ1n) is 5.64. The predicted octanol–water partition coefficient (Wildman–Crippen LogP) is 0.580. The number of anilines is 1. The first kappa shape index (κ1) is 13.3. The van der Waals surface area contributed by atoms with Gasteiger partial charge in [0, 0.05) is 13.0 Å². The van der Waals surface area contributed by atoms with E-state index in [0.717, 1.165) is 6.07 Å². The number of carbonyl (C=O) groups is 2. The highest BCUT2D eigenvalue weighted by Gasteiger charge is 2.43. The molecule has 102 valence electrons. The van der Waals surface area contributed by atoms with Gasteiger partial charge in [-0.05, 0) is 12.1 Å². The molecule has 1 unspecified atom stereocenters. The summed E-state index contributed by atoms with van der Waals surface area (Å²) in [6.45, 7) is 0.220. The number of carbonyl (C=O) groups excluding carboxylic acids is 1. The second kappa shape index (κ2) is 4.85. The Morgan fingerprint density at radius 2 is 2.21 bits per heavy atom. The zero-order chi connectivity index (χ0) is 14.0. The fourth-order valence-corrected chi connectivity index (χ4v) is 2.02. The van der Waals surface area contributed by atoms with E-state index in [2.05, 4.69) is 5.32 Å². The van der Waals surface area contributed by atoms with Crippen molar-refractivity contribution in [1.82, 2.24) is 0 Å². The summed E-state index contributed by atoms with van der Waals surface area (Å²) in [4.78, 5) is 22.6. The topological polar surface area (TPSA) is 102 Å². The summed E-state index contributed by atoms with van der Waals surface area (Å²) in [5.41, 5.74) is 3.45. The van der Waals surface area contributed by atoms with E-state index in [0.29, 0.717) is 0 Å². The summed E-state index contributed by atoms with van der Waals surface area (Å²) in [5.74, 6) is -2.87. The monoisotopic (exact) mass is 268 g/mol. The molecule has 0 saturated carbocycles. The maximum atomic E-state index is 13.6. The number of primary amides is 1. The zero-order valence-electron chi connectivity index (χ0n) is 9.98. The molecule has 0 radical (unpaired) electrons. The molecule has 1 saturated heterocycles. The van der Waals surface area contributed by atoms with Crippen LogP contribution in [0.2, 0.25) is 0 Å². The number of aliphatic carboxylic acids is 1. The van der Waals surface area contributed by atoms with E-state index >= 15 is 0 Å². The number of benzene rings is 1. The summed E-state index contributed by atoms with van der Waals surface area (Å²) in [6.07, 6.45) is 0.219. The molecule has 0 aromatic heterocycles. The molecule has 1 aliphatic heterocycles. The third-order valence-corrected chi connectivity index (χ3v) is 3.06. The Labute approximate surface area is 108 Å². The van der Waals surface area contributed by atoms with E-state index in [1.54, 1.807) is 0 Å².